The maximum absolute atomic E-state index is 14.9. The topological polar surface area (TPSA) is 177 Å². The number of halogens is 2. The number of likely N-dealkylation sites (tertiary alicyclic amines) is 1. The highest BCUT2D eigenvalue weighted by atomic mass is 32.2. The number of sulfonamides is 1. The van der Waals surface area contributed by atoms with Crippen molar-refractivity contribution >= 4 is 55.9 Å². The molecule has 2 aliphatic carbocycles. The number of ether oxygens (including phenoxy) is 2. The van der Waals surface area contributed by atoms with Gasteiger partial charge < -0.3 is 24.6 Å². The summed E-state index contributed by atoms with van der Waals surface area (Å²) in [5.74, 6) is -5.67. The highest BCUT2D eigenvalue weighted by molar-refractivity contribution is 7.91. The second kappa shape index (κ2) is 17.7. The first-order valence-corrected chi connectivity index (χ1v) is 24.5. The number of alkyl halides is 2. The minimum atomic E-state index is -3.95. The zero-order valence-electron chi connectivity index (χ0n) is 36.2. The molecule has 2 aromatic heterocycles. The Hall–Kier alpha value is -4.71. The third kappa shape index (κ3) is 9.57. The van der Waals surface area contributed by atoms with Gasteiger partial charge in [0, 0.05) is 60.0 Å². The first kappa shape index (κ1) is 44.9. The van der Waals surface area contributed by atoms with Crippen LogP contribution in [0.1, 0.15) is 108 Å². The number of nitrogens with zero attached hydrogens (tertiary/aromatic N) is 4. The lowest BCUT2D eigenvalue weighted by atomic mass is 9.94. The molecule has 4 amide bonds. The number of thiazole rings is 1. The van der Waals surface area contributed by atoms with E-state index in [9.17, 15) is 36.4 Å². The minimum absolute atomic E-state index is 0.00178. The number of benzene rings is 1. The van der Waals surface area contributed by atoms with Gasteiger partial charge in [-0.3, -0.25) is 23.9 Å². The Labute approximate surface area is 370 Å². The molecule has 5 atom stereocenters. The number of nitrogens with one attached hydrogen (secondary N) is 2. The van der Waals surface area contributed by atoms with Crippen LogP contribution in [0.15, 0.2) is 35.7 Å². The Kier molecular flexibility index (Phi) is 12.6. The molecule has 5 aliphatic rings. The van der Waals surface area contributed by atoms with Crippen LogP contribution in [0.4, 0.5) is 8.78 Å². The number of piperidine rings is 1. The normalized spacial score (nSPS) is 26.7. The van der Waals surface area contributed by atoms with Crippen molar-refractivity contribution in [2.45, 2.75) is 133 Å². The Morgan fingerprint density at radius 1 is 1.08 bits per heavy atom. The van der Waals surface area contributed by atoms with Crippen molar-refractivity contribution in [2.24, 2.45) is 11.8 Å². The predicted octanol–water partition coefficient (Wildman–Crippen LogP) is 6.41. The van der Waals surface area contributed by atoms with Crippen LogP contribution in [0.2, 0.25) is 0 Å². The van der Waals surface area contributed by atoms with Crippen LogP contribution in [-0.4, -0.2) is 107 Å². The Bertz CT molecular complexity index is 2420. The van der Waals surface area contributed by atoms with E-state index < -0.39 is 80.9 Å². The van der Waals surface area contributed by atoms with Gasteiger partial charge in [0.1, 0.15) is 39.9 Å². The van der Waals surface area contributed by atoms with Crippen LogP contribution < -0.4 is 19.5 Å². The summed E-state index contributed by atoms with van der Waals surface area (Å²) in [7, 11) is -2.37. The second-order valence-electron chi connectivity index (χ2n) is 18.2. The van der Waals surface area contributed by atoms with Crippen LogP contribution in [0.3, 0.4) is 0 Å². The van der Waals surface area contributed by atoms with E-state index in [0.29, 0.717) is 71.6 Å². The van der Waals surface area contributed by atoms with Crippen LogP contribution >= 0.6 is 11.3 Å². The number of carbonyl (C=O) groups is 4. The fraction of sp³-hybridized carbons (Fsp3) is 0.600. The number of hydrogen-bond acceptors (Lipinski definition) is 11. The Balaban J connectivity index is 1.14. The molecular weight excluding hydrogens is 855 g/mol. The molecule has 2 saturated heterocycles. The first-order valence-electron chi connectivity index (χ1n) is 22.1. The van der Waals surface area contributed by atoms with Crippen LogP contribution in [0.5, 0.6) is 11.5 Å². The van der Waals surface area contributed by atoms with Crippen molar-refractivity contribution < 1.29 is 45.9 Å². The van der Waals surface area contributed by atoms with Crippen LogP contribution in [0.25, 0.3) is 21.6 Å². The summed E-state index contributed by atoms with van der Waals surface area (Å²) in [6.45, 7) is 5.40. The van der Waals surface area contributed by atoms with Crippen LogP contribution in [0, 0.1) is 18.8 Å². The van der Waals surface area contributed by atoms with Gasteiger partial charge in [-0.1, -0.05) is 38.8 Å². The number of aromatic nitrogens is 2. The monoisotopic (exact) mass is 910 g/mol. The molecule has 14 nitrogen and oxygen atoms in total. The molecule has 5 heterocycles. The molecule has 3 aliphatic heterocycles. The fourth-order valence-electron chi connectivity index (χ4n) is 9.15. The van der Waals surface area contributed by atoms with Crippen molar-refractivity contribution in [3.05, 3.63) is 47.0 Å². The van der Waals surface area contributed by atoms with Gasteiger partial charge in [-0.25, -0.2) is 27.2 Å². The van der Waals surface area contributed by atoms with Gasteiger partial charge in [-0.2, -0.15) is 0 Å². The van der Waals surface area contributed by atoms with E-state index in [2.05, 4.69) is 23.9 Å². The molecule has 63 heavy (non-hydrogen) atoms. The lowest BCUT2D eigenvalue weighted by Crippen LogP contribution is -2.57. The largest absolute Gasteiger partial charge is 0.496 e. The molecule has 2 N–H and O–H groups in total. The Morgan fingerprint density at radius 3 is 2.59 bits per heavy atom. The Morgan fingerprint density at radius 2 is 1.87 bits per heavy atom. The number of amides is 4. The second-order valence-corrected chi connectivity index (χ2v) is 21.0. The summed E-state index contributed by atoms with van der Waals surface area (Å²) in [5.41, 5.74) is 1.31. The van der Waals surface area contributed by atoms with Crippen molar-refractivity contribution in [1.82, 2.24) is 29.8 Å². The summed E-state index contributed by atoms with van der Waals surface area (Å²) < 4.78 is 69.6. The molecule has 4 fully saturated rings. The maximum atomic E-state index is 14.9. The number of fused-ring (bicyclic) bond motifs is 3. The van der Waals surface area contributed by atoms with E-state index in [1.807, 2.05) is 36.6 Å². The smallest absolute Gasteiger partial charge is 0.265 e. The van der Waals surface area contributed by atoms with Crippen molar-refractivity contribution in [1.29, 1.82) is 0 Å². The van der Waals surface area contributed by atoms with Crippen molar-refractivity contribution in [2.75, 3.05) is 26.7 Å². The van der Waals surface area contributed by atoms with E-state index in [1.54, 1.807) is 13.2 Å². The summed E-state index contributed by atoms with van der Waals surface area (Å²) in [4.78, 5) is 69.6. The molecule has 0 bridgehead atoms. The predicted molar refractivity (Wildman–Crippen MR) is 233 cm³/mol. The quantitative estimate of drug-likeness (QED) is 0.216. The van der Waals surface area contributed by atoms with Crippen LogP contribution in [-0.2, 0) is 29.2 Å². The number of hydrogen-bond donors (Lipinski definition) is 2. The number of allylic oxidation sites excluding steroid dienone is 1. The fourth-order valence-corrected chi connectivity index (χ4v) is 11.5. The maximum Gasteiger partial charge on any atom is 0.265 e. The summed E-state index contributed by atoms with van der Waals surface area (Å²) in [6.07, 6.45) is 6.59. The molecule has 3 aromatic rings. The van der Waals surface area contributed by atoms with Gasteiger partial charge in [0.15, 0.2) is 0 Å². The van der Waals surface area contributed by atoms with E-state index in [0.717, 1.165) is 22.6 Å². The lowest BCUT2D eigenvalue weighted by Gasteiger charge is -2.34. The number of carbonyl (C=O) groups excluding carboxylic acids is 4. The molecule has 2 saturated carbocycles. The number of methoxy groups -OCH3 is 1. The molecule has 340 valence electrons. The third-order valence-corrected chi connectivity index (χ3v) is 15.8. The zero-order chi connectivity index (χ0) is 44.8. The number of aryl methyl sites for hydroxylation is 1. The highest BCUT2D eigenvalue weighted by Crippen LogP contribution is 2.46. The van der Waals surface area contributed by atoms with Crippen molar-refractivity contribution in [3.63, 3.8) is 0 Å². The summed E-state index contributed by atoms with van der Waals surface area (Å²) in [6, 6.07) is 4.27. The van der Waals surface area contributed by atoms with Gasteiger partial charge in [0.2, 0.25) is 27.7 Å². The SMILES string of the molecule is COc1ccc2c(O[C@@H]3C[C@H]4C(=O)N[C@]5(C(=O)NS(=O)(=O)C6CC6)CC5C=CCCCCC[C@H](CC(=O)N5CCCC(F)(F)C5)C(=O)N4C3)cc(-c3nc(C(C)C)cs3)nc2c1C. The lowest BCUT2D eigenvalue weighted by molar-refractivity contribution is -0.148. The zero-order valence-corrected chi connectivity index (χ0v) is 37.8. The van der Waals surface area contributed by atoms with Gasteiger partial charge >= 0.3 is 0 Å². The molecule has 1 aromatic carbocycles. The minimum Gasteiger partial charge on any atom is -0.496 e. The molecule has 8 rings (SSSR count). The molecule has 0 radical (unpaired) electrons. The standard InChI is InChI=1S/C45H56F2N6O8S2/c1-26(2)34-24-62-41(49-34)33-21-37(32-15-16-36(60-4)27(3)39(32)48-33)61-30-20-35-40(55)50-45(43(57)51-63(58,59)31-13-14-31)22-29(45)12-9-7-5-6-8-11-28(42(56)53(35)23-30)19-38(54)52-18-10-17-44(46,47)25-52/h9,12,15-16,21,24,26,28-31,35H,5-8,10-11,13-14,17-20,22-23,25H2,1-4H3,(H,50,55)(H,51,57)/t28-,29?,30-,35+,45-/m1/s1. The van der Waals surface area contributed by atoms with E-state index in [-0.39, 0.29) is 51.1 Å². The summed E-state index contributed by atoms with van der Waals surface area (Å²) >= 11 is 1.46. The van der Waals surface area contributed by atoms with E-state index >= 15 is 0 Å². The first-order chi connectivity index (χ1) is 30.0. The molecular formula is C45H56F2N6O8S2. The van der Waals surface area contributed by atoms with E-state index in [4.69, 9.17) is 19.4 Å². The van der Waals surface area contributed by atoms with Gasteiger partial charge in [-0.15, -0.1) is 11.3 Å². The average molecular weight is 911 g/mol. The van der Waals surface area contributed by atoms with Gasteiger partial charge in [0.05, 0.1) is 36.7 Å². The number of rotatable bonds is 10. The molecule has 0 spiro atoms. The van der Waals surface area contributed by atoms with Gasteiger partial charge in [0.25, 0.3) is 11.8 Å². The molecule has 1 unspecified atom stereocenters. The van der Waals surface area contributed by atoms with Gasteiger partial charge in [-0.05, 0) is 69.9 Å². The summed E-state index contributed by atoms with van der Waals surface area (Å²) in [5, 5.41) is 5.57. The third-order valence-electron chi connectivity index (χ3n) is 13.1. The van der Waals surface area contributed by atoms with E-state index in [1.165, 1.54) is 16.2 Å². The average Bonchev–Trinajstić information content (AvgIpc) is 4.11. The highest BCUT2D eigenvalue weighted by Gasteiger charge is 2.62. The molecule has 18 heteroatoms. The number of pyridine rings is 1. The van der Waals surface area contributed by atoms with Crippen molar-refractivity contribution in [3.8, 4) is 22.2 Å².